The molecule has 0 bridgehead atoms. The van der Waals surface area contributed by atoms with Crippen molar-refractivity contribution in [3.05, 3.63) is 41.5 Å². The van der Waals surface area contributed by atoms with E-state index in [0.29, 0.717) is 5.39 Å². The maximum Gasteiger partial charge on any atom is 0.432 e. The van der Waals surface area contributed by atoms with Crippen LogP contribution in [0.15, 0.2) is 44.9 Å². The SMILES string of the molecule is FC(F)(F)c1[nH]c2ncccc2c1Sc1cccs1. The highest BCUT2D eigenvalue weighted by Crippen LogP contribution is 2.43. The van der Waals surface area contributed by atoms with Gasteiger partial charge in [0.1, 0.15) is 11.3 Å². The van der Waals surface area contributed by atoms with E-state index in [4.69, 9.17) is 0 Å². The molecule has 0 aliphatic heterocycles. The van der Waals surface area contributed by atoms with Gasteiger partial charge in [-0.3, -0.25) is 0 Å². The van der Waals surface area contributed by atoms with E-state index in [2.05, 4.69) is 9.97 Å². The number of rotatable bonds is 2. The lowest BCUT2D eigenvalue weighted by Crippen LogP contribution is -2.06. The highest BCUT2D eigenvalue weighted by atomic mass is 32.2. The summed E-state index contributed by atoms with van der Waals surface area (Å²) in [5.41, 5.74) is -0.478. The molecule has 3 aromatic heterocycles. The maximum atomic E-state index is 13.0. The van der Waals surface area contributed by atoms with Gasteiger partial charge in [0.2, 0.25) is 0 Å². The first-order valence-corrected chi connectivity index (χ1v) is 7.00. The van der Waals surface area contributed by atoms with Crippen molar-refractivity contribution in [3.63, 3.8) is 0 Å². The molecule has 0 aliphatic rings. The van der Waals surface area contributed by atoms with Crippen LogP contribution in [0.25, 0.3) is 11.0 Å². The van der Waals surface area contributed by atoms with Crippen molar-refractivity contribution in [1.82, 2.24) is 9.97 Å². The second-order valence-corrected chi connectivity index (χ2v) is 6.02. The molecule has 19 heavy (non-hydrogen) atoms. The molecule has 0 aromatic carbocycles. The number of thiophene rings is 1. The number of aromatic nitrogens is 2. The number of hydrogen-bond donors (Lipinski definition) is 1. The smallest absolute Gasteiger partial charge is 0.335 e. The van der Waals surface area contributed by atoms with Crippen molar-refractivity contribution in [2.45, 2.75) is 15.3 Å². The lowest BCUT2D eigenvalue weighted by molar-refractivity contribution is -0.142. The third-order valence-electron chi connectivity index (χ3n) is 2.50. The summed E-state index contributed by atoms with van der Waals surface area (Å²) < 4.78 is 40.0. The fourth-order valence-corrected chi connectivity index (χ4v) is 3.67. The van der Waals surface area contributed by atoms with Gasteiger partial charge in [-0.15, -0.1) is 11.3 Å². The quantitative estimate of drug-likeness (QED) is 0.737. The van der Waals surface area contributed by atoms with E-state index in [1.165, 1.54) is 17.5 Å². The first-order chi connectivity index (χ1) is 9.05. The average molecular weight is 300 g/mol. The van der Waals surface area contributed by atoms with Crippen LogP contribution in [-0.2, 0) is 6.18 Å². The molecule has 3 aromatic rings. The van der Waals surface area contributed by atoms with Gasteiger partial charge in [0.15, 0.2) is 0 Å². The summed E-state index contributed by atoms with van der Waals surface area (Å²) in [6, 6.07) is 6.89. The first kappa shape index (κ1) is 12.6. The van der Waals surface area contributed by atoms with Crippen LogP contribution in [0.4, 0.5) is 13.2 Å². The molecule has 0 spiro atoms. The van der Waals surface area contributed by atoms with E-state index in [9.17, 15) is 13.2 Å². The Morgan fingerprint density at radius 2 is 2.05 bits per heavy atom. The van der Waals surface area contributed by atoms with Gasteiger partial charge in [0.05, 0.1) is 9.10 Å². The zero-order valence-corrected chi connectivity index (χ0v) is 11.0. The molecule has 0 unspecified atom stereocenters. The molecule has 7 heteroatoms. The van der Waals surface area contributed by atoms with Crippen LogP contribution in [-0.4, -0.2) is 9.97 Å². The maximum absolute atomic E-state index is 13.0. The summed E-state index contributed by atoms with van der Waals surface area (Å²) in [6.45, 7) is 0. The number of H-pyrrole nitrogens is 1. The molecule has 0 amide bonds. The van der Waals surface area contributed by atoms with Gasteiger partial charge in [-0.05, 0) is 23.6 Å². The van der Waals surface area contributed by atoms with E-state index >= 15 is 0 Å². The fourth-order valence-electron chi connectivity index (χ4n) is 1.73. The predicted octanol–water partition coefficient (Wildman–Crippen LogP) is 4.79. The van der Waals surface area contributed by atoms with E-state index in [-0.39, 0.29) is 10.5 Å². The van der Waals surface area contributed by atoms with Crippen LogP contribution >= 0.6 is 23.1 Å². The summed E-state index contributed by atoms with van der Waals surface area (Å²) in [4.78, 5) is 6.48. The van der Waals surface area contributed by atoms with Crippen molar-refractivity contribution < 1.29 is 13.2 Å². The number of nitrogens with zero attached hydrogens (tertiary/aromatic N) is 1. The van der Waals surface area contributed by atoms with Gasteiger partial charge in [0, 0.05) is 11.6 Å². The van der Waals surface area contributed by atoms with Crippen LogP contribution in [0.2, 0.25) is 0 Å². The average Bonchev–Trinajstić information content (AvgIpc) is 2.97. The molecule has 0 saturated heterocycles. The minimum absolute atomic E-state index is 0.179. The molecular formula is C12H7F3N2S2. The lowest BCUT2D eigenvalue weighted by Gasteiger charge is -2.06. The molecule has 2 nitrogen and oxygen atoms in total. The lowest BCUT2D eigenvalue weighted by atomic mass is 10.3. The number of alkyl halides is 3. The molecule has 3 heterocycles. The highest BCUT2D eigenvalue weighted by Gasteiger charge is 2.37. The normalized spacial score (nSPS) is 12.2. The molecule has 98 valence electrons. The number of hydrogen-bond acceptors (Lipinski definition) is 3. The van der Waals surface area contributed by atoms with E-state index in [1.807, 2.05) is 11.4 Å². The molecule has 0 atom stereocenters. The van der Waals surface area contributed by atoms with Gasteiger partial charge in [-0.25, -0.2) is 4.98 Å². The Hall–Kier alpha value is -1.47. The van der Waals surface area contributed by atoms with E-state index in [0.717, 1.165) is 16.0 Å². The van der Waals surface area contributed by atoms with Crippen molar-refractivity contribution in [3.8, 4) is 0 Å². The summed E-state index contributed by atoms with van der Waals surface area (Å²) in [5.74, 6) is 0. The van der Waals surface area contributed by atoms with Crippen LogP contribution in [0.3, 0.4) is 0 Å². The zero-order chi connectivity index (χ0) is 13.5. The molecule has 1 N–H and O–H groups in total. The summed E-state index contributed by atoms with van der Waals surface area (Å²) in [6.07, 6.45) is -2.95. The Labute approximate surface area is 114 Å². The molecular weight excluding hydrogens is 293 g/mol. The van der Waals surface area contributed by atoms with Gasteiger partial charge < -0.3 is 4.98 Å². The predicted molar refractivity (Wildman–Crippen MR) is 69.5 cm³/mol. The van der Waals surface area contributed by atoms with E-state index in [1.54, 1.807) is 18.2 Å². The van der Waals surface area contributed by atoms with Gasteiger partial charge >= 0.3 is 6.18 Å². The third-order valence-corrected chi connectivity index (χ3v) is 4.67. The summed E-state index contributed by atoms with van der Waals surface area (Å²) >= 11 is 2.52. The number of aromatic amines is 1. The largest absolute Gasteiger partial charge is 0.432 e. The van der Waals surface area contributed by atoms with Crippen molar-refractivity contribution in [1.29, 1.82) is 0 Å². The highest BCUT2D eigenvalue weighted by molar-refractivity contribution is 8.01. The summed E-state index contributed by atoms with van der Waals surface area (Å²) in [7, 11) is 0. The van der Waals surface area contributed by atoms with Crippen LogP contribution in [0.5, 0.6) is 0 Å². The monoisotopic (exact) mass is 300 g/mol. The Kier molecular flexibility index (Phi) is 3.02. The molecule has 0 radical (unpaired) electrons. The number of nitrogens with one attached hydrogen (secondary N) is 1. The molecule has 3 rings (SSSR count). The Bertz CT molecular complexity index is 701. The standard InChI is InChI=1S/C12H7F3N2S2/c13-12(14,15)10-9(19-8-4-2-6-18-8)7-3-1-5-16-11(7)17-10/h1-6H,(H,16,17). The minimum Gasteiger partial charge on any atom is -0.335 e. The number of fused-ring (bicyclic) bond motifs is 1. The van der Waals surface area contributed by atoms with Crippen LogP contribution in [0.1, 0.15) is 5.69 Å². The Morgan fingerprint density at radius 3 is 2.74 bits per heavy atom. The Morgan fingerprint density at radius 1 is 1.21 bits per heavy atom. The first-order valence-electron chi connectivity index (χ1n) is 5.31. The van der Waals surface area contributed by atoms with Crippen molar-refractivity contribution in [2.75, 3.05) is 0 Å². The van der Waals surface area contributed by atoms with E-state index < -0.39 is 11.9 Å². The summed E-state index contributed by atoms with van der Waals surface area (Å²) in [5, 5.41) is 2.33. The van der Waals surface area contributed by atoms with Gasteiger partial charge in [0.25, 0.3) is 0 Å². The van der Waals surface area contributed by atoms with Gasteiger partial charge in [-0.2, -0.15) is 13.2 Å². The molecule has 0 saturated carbocycles. The van der Waals surface area contributed by atoms with Gasteiger partial charge in [-0.1, -0.05) is 17.8 Å². The van der Waals surface area contributed by atoms with Crippen molar-refractivity contribution in [2.24, 2.45) is 0 Å². The molecule has 0 aliphatic carbocycles. The van der Waals surface area contributed by atoms with Crippen LogP contribution < -0.4 is 0 Å². The van der Waals surface area contributed by atoms with Crippen molar-refractivity contribution >= 4 is 34.1 Å². The topological polar surface area (TPSA) is 28.7 Å². The molecule has 0 fully saturated rings. The van der Waals surface area contributed by atoms with Crippen LogP contribution in [0, 0.1) is 0 Å². The number of halogens is 3. The number of pyridine rings is 1. The Balaban J connectivity index is 2.19. The minimum atomic E-state index is -4.42. The zero-order valence-electron chi connectivity index (χ0n) is 9.36. The second-order valence-electron chi connectivity index (χ2n) is 3.76. The second kappa shape index (κ2) is 4.57. The fraction of sp³-hybridized carbons (Fsp3) is 0.0833. The third kappa shape index (κ3) is 2.35.